The number of rotatable bonds is 3. The lowest BCUT2D eigenvalue weighted by atomic mass is 10.1. The van der Waals surface area contributed by atoms with Gasteiger partial charge in [0, 0.05) is 0 Å². The van der Waals surface area contributed by atoms with E-state index in [4.69, 9.17) is 11.6 Å². The van der Waals surface area contributed by atoms with E-state index in [2.05, 4.69) is 9.91 Å². The van der Waals surface area contributed by atoms with Gasteiger partial charge in [0.15, 0.2) is 0 Å². The summed E-state index contributed by atoms with van der Waals surface area (Å²) >= 11 is 5.76. The molecule has 0 aliphatic carbocycles. The Labute approximate surface area is 85.8 Å². The highest BCUT2D eigenvalue weighted by atomic mass is 35.5. The largest absolute Gasteiger partial charge is 0.465 e. The maximum atomic E-state index is 11.2. The molecule has 0 aromatic heterocycles. The van der Waals surface area contributed by atoms with E-state index in [0.717, 1.165) is 0 Å². The maximum Gasteiger partial charge on any atom is 0.339 e. The zero-order valence-corrected chi connectivity index (χ0v) is 8.25. The van der Waals surface area contributed by atoms with Gasteiger partial charge in [-0.3, -0.25) is 0 Å². The number of halogens is 1. The van der Waals surface area contributed by atoms with Crippen LogP contribution >= 0.6 is 11.6 Å². The van der Waals surface area contributed by atoms with Gasteiger partial charge >= 0.3 is 5.97 Å². The second kappa shape index (κ2) is 4.72. The third-order valence-corrected chi connectivity index (χ3v) is 2.01. The van der Waals surface area contributed by atoms with Crippen molar-refractivity contribution in [1.29, 1.82) is 0 Å². The number of methoxy groups -OCH3 is 1. The predicted octanol–water partition coefficient (Wildman–Crippen LogP) is 2.39. The number of hydrogen-bond acceptors (Lipinski definition) is 4. The molecule has 0 fully saturated rings. The Kier molecular flexibility index (Phi) is 3.59. The van der Waals surface area contributed by atoms with E-state index in [1.165, 1.54) is 19.2 Å². The van der Waals surface area contributed by atoms with Crippen molar-refractivity contribution in [2.45, 2.75) is 6.54 Å². The van der Waals surface area contributed by atoms with Gasteiger partial charge in [-0.05, 0) is 17.7 Å². The van der Waals surface area contributed by atoms with Crippen molar-refractivity contribution in [3.63, 3.8) is 0 Å². The molecule has 4 nitrogen and oxygen atoms in total. The zero-order valence-electron chi connectivity index (χ0n) is 7.49. The molecule has 74 valence electrons. The maximum absolute atomic E-state index is 11.2. The number of ether oxygens (including phenoxy) is 1. The first kappa shape index (κ1) is 10.7. The smallest absolute Gasteiger partial charge is 0.339 e. The van der Waals surface area contributed by atoms with Crippen molar-refractivity contribution in [1.82, 2.24) is 0 Å². The molecule has 0 heterocycles. The topological polar surface area (TPSA) is 55.7 Å². The third kappa shape index (κ3) is 2.29. The van der Waals surface area contributed by atoms with Gasteiger partial charge in [-0.1, -0.05) is 22.8 Å². The van der Waals surface area contributed by atoms with Gasteiger partial charge in [-0.15, -0.1) is 0 Å². The summed E-state index contributed by atoms with van der Waals surface area (Å²) in [6.07, 6.45) is 0. The first-order valence-corrected chi connectivity index (χ1v) is 4.22. The normalized spacial score (nSPS) is 9.57. The number of nitroso groups, excluding NO2 is 1. The van der Waals surface area contributed by atoms with Crippen LogP contribution in [0.5, 0.6) is 0 Å². The summed E-state index contributed by atoms with van der Waals surface area (Å²) in [7, 11) is 1.27. The molecular weight excluding hydrogens is 206 g/mol. The highest BCUT2D eigenvalue weighted by Gasteiger charge is 2.10. The lowest BCUT2D eigenvalue weighted by Gasteiger charge is -2.03. The fraction of sp³-hybridized carbons (Fsp3) is 0.222. The van der Waals surface area contributed by atoms with Crippen LogP contribution in [0.3, 0.4) is 0 Å². The lowest BCUT2D eigenvalue weighted by Crippen LogP contribution is -2.02. The summed E-state index contributed by atoms with van der Waals surface area (Å²) in [5.74, 6) is -0.525. The van der Waals surface area contributed by atoms with E-state index in [1.54, 1.807) is 6.07 Å². The molecule has 0 saturated heterocycles. The molecule has 1 rings (SSSR count). The summed E-state index contributed by atoms with van der Waals surface area (Å²) in [6, 6.07) is 4.67. The van der Waals surface area contributed by atoms with Gasteiger partial charge in [0.2, 0.25) is 0 Å². The number of carbonyl (C=O) groups excluding carboxylic acids is 1. The van der Waals surface area contributed by atoms with Gasteiger partial charge in [0.05, 0.1) is 17.7 Å². The third-order valence-electron chi connectivity index (χ3n) is 1.68. The molecule has 0 saturated carbocycles. The van der Waals surface area contributed by atoms with E-state index < -0.39 is 5.97 Å². The molecule has 0 bridgehead atoms. The van der Waals surface area contributed by atoms with Crippen LogP contribution < -0.4 is 0 Å². The van der Waals surface area contributed by atoms with Gasteiger partial charge in [0.25, 0.3) is 0 Å². The van der Waals surface area contributed by atoms with Crippen molar-refractivity contribution in [2.24, 2.45) is 5.18 Å². The van der Waals surface area contributed by atoms with Crippen LogP contribution in [-0.2, 0) is 11.3 Å². The minimum absolute atomic E-state index is 0.0150. The summed E-state index contributed by atoms with van der Waals surface area (Å²) in [6.45, 7) is 0.0150. The second-order valence-corrected chi connectivity index (χ2v) is 3.00. The van der Waals surface area contributed by atoms with E-state index >= 15 is 0 Å². The van der Waals surface area contributed by atoms with Crippen LogP contribution in [0.1, 0.15) is 15.9 Å². The Morgan fingerprint density at radius 2 is 2.29 bits per heavy atom. The van der Waals surface area contributed by atoms with Crippen LogP contribution in [0, 0.1) is 4.91 Å². The Bertz CT molecular complexity index is 365. The van der Waals surface area contributed by atoms with Crippen LogP contribution in [-0.4, -0.2) is 13.1 Å². The summed E-state index contributed by atoms with van der Waals surface area (Å²) in [4.78, 5) is 21.2. The SMILES string of the molecule is COC(=O)c1cc(CN=O)ccc1Cl. The average Bonchev–Trinajstić information content (AvgIpc) is 2.20. The molecule has 0 amide bonds. The molecule has 1 aromatic rings. The molecule has 0 aliphatic rings. The molecule has 1 aromatic carbocycles. The van der Waals surface area contributed by atoms with Crippen molar-refractivity contribution in [3.8, 4) is 0 Å². The fourth-order valence-corrected chi connectivity index (χ4v) is 1.21. The van der Waals surface area contributed by atoms with E-state index in [9.17, 15) is 9.70 Å². The molecule has 0 unspecified atom stereocenters. The Balaban J connectivity index is 3.07. The van der Waals surface area contributed by atoms with Gasteiger partial charge in [0.1, 0.15) is 6.54 Å². The van der Waals surface area contributed by atoms with Gasteiger partial charge < -0.3 is 4.74 Å². The van der Waals surface area contributed by atoms with Gasteiger partial charge in [-0.2, -0.15) is 4.91 Å². The van der Waals surface area contributed by atoms with Crippen LogP contribution in [0.15, 0.2) is 23.4 Å². The second-order valence-electron chi connectivity index (χ2n) is 2.59. The predicted molar refractivity (Wildman–Crippen MR) is 52.3 cm³/mol. The first-order valence-electron chi connectivity index (χ1n) is 3.85. The molecule has 14 heavy (non-hydrogen) atoms. The minimum atomic E-state index is -0.525. The number of nitrogens with zero attached hydrogens (tertiary/aromatic N) is 1. The minimum Gasteiger partial charge on any atom is -0.465 e. The number of carbonyl (C=O) groups is 1. The van der Waals surface area contributed by atoms with Crippen molar-refractivity contribution >= 4 is 17.6 Å². The molecule has 0 N–H and O–H groups in total. The van der Waals surface area contributed by atoms with Crippen LogP contribution in [0.2, 0.25) is 5.02 Å². The number of hydrogen-bond donors (Lipinski definition) is 0. The van der Waals surface area contributed by atoms with E-state index in [-0.39, 0.29) is 12.1 Å². The zero-order chi connectivity index (χ0) is 10.6. The summed E-state index contributed by atoms with van der Waals surface area (Å²) in [5.41, 5.74) is 0.875. The lowest BCUT2D eigenvalue weighted by molar-refractivity contribution is 0.0601. The Morgan fingerprint density at radius 3 is 2.86 bits per heavy atom. The molecule has 5 heteroatoms. The molecule has 0 atom stereocenters. The van der Waals surface area contributed by atoms with Crippen LogP contribution in [0.4, 0.5) is 0 Å². The van der Waals surface area contributed by atoms with Gasteiger partial charge in [-0.25, -0.2) is 4.79 Å². The monoisotopic (exact) mass is 213 g/mol. The van der Waals surface area contributed by atoms with Crippen LogP contribution in [0.25, 0.3) is 0 Å². The standard InChI is InChI=1S/C9H8ClNO3/c1-14-9(12)7-4-6(5-11-13)2-3-8(7)10/h2-4H,5H2,1H3. The number of esters is 1. The Morgan fingerprint density at radius 1 is 1.57 bits per heavy atom. The van der Waals surface area contributed by atoms with E-state index in [0.29, 0.717) is 10.6 Å². The first-order chi connectivity index (χ1) is 6.69. The average molecular weight is 214 g/mol. The van der Waals surface area contributed by atoms with Crippen molar-refractivity contribution in [2.75, 3.05) is 7.11 Å². The molecule has 0 radical (unpaired) electrons. The van der Waals surface area contributed by atoms with Crippen molar-refractivity contribution < 1.29 is 9.53 Å². The molecule has 0 spiro atoms. The number of benzene rings is 1. The van der Waals surface area contributed by atoms with Crippen molar-refractivity contribution in [3.05, 3.63) is 39.3 Å². The highest BCUT2D eigenvalue weighted by Crippen LogP contribution is 2.18. The van der Waals surface area contributed by atoms with E-state index in [1.807, 2.05) is 0 Å². The highest BCUT2D eigenvalue weighted by molar-refractivity contribution is 6.33. The Hall–Kier alpha value is -1.42. The fourth-order valence-electron chi connectivity index (χ4n) is 1.01. The summed E-state index contributed by atoms with van der Waals surface area (Å²) < 4.78 is 4.52. The summed E-state index contributed by atoms with van der Waals surface area (Å²) in [5, 5.41) is 3.01. The molecular formula is C9H8ClNO3. The quantitative estimate of drug-likeness (QED) is 0.572. The molecule has 0 aliphatic heterocycles.